The lowest BCUT2D eigenvalue weighted by Crippen LogP contribution is -2.37. The molecule has 0 saturated carbocycles. The summed E-state index contributed by atoms with van der Waals surface area (Å²) in [5, 5.41) is 9.78. The average Bonchev–Trinajstić information content (AvgIpc) is 2.96. The van der Waals surface area contributed by atoms with E-state index in [2.05, 4.69) is 69.0 Å². The van der Waals surface area contributed by atoms with E-state index in [0.717, 1.165) is 109 Å². The van der Waals surface area contributed by atoms with Crippen LogP contribution < -0.4 is 10.6 Å². The van der Waals surface area contributed by atoms with Gasteiger partial charge in [-0.05, 0) is 61.6 Å². The number of aromatic nitrogens is 1. The molecule has 0 spiro atoms. The minimum absolute atomic E-state index is 0.803. The Morgan fingerprint density at radius 2 is 1.46 bits per heavy atom. The second kappa shape index (κ2) is 13.8. The van der Waals surface area contributed by atoms with E-state index in [1.54, 1.807) is 0 Å². The van der Waals surface area contributed by atoms with Crippen molar-refractivity contribution in [2.75, 3.05) is 84.1 Å². The largest absolute Gasteiger partial charge is 0.384 e. The Morgan fingerprint density at radius 3 is 2.16 bits per heavy atom. The standard InChI is InChI=1S/C30H41N5O2/c1-2-6-29-25(5-1)21-27(22-30(29)32-10-4-12-35-15-19-37-20-16-35)26-7-8-28(33-23-26)24-31-9-3-11-34-13-17-36-18-14-34/h1-2,5-8,21-23,31-32H,3-4,9-20,24H2. The van der Waals surface area contributed by atoms with Crippen molar-refractivity contribution in [2.24, 2.45) is 0 Å². The lowest BCUT2D eigenvalue weighted by atomic mass is 10.0. The number of pyridine rings is 1. The zero-order chi connectivity index (χ0) is 25.1. The highest BCUT2D eigenvalue weighted by molar-refractivity contribution is 5.97. The van der Waals surface area contributed by atoms with E-state index in [9.17, 15) is 0 Å². The molecule has 37 heavy (non-hydrogen) atoms. The third kappa shape index (κ3) is 7.72. The van der Waals surface area contributed by atoms with E-state index in [0.29, 0.717) is 0 Å². The van der Waals surface area contributed by atoms with Gasteiger partial charge in [0.2, 0.25) is 0 Å². The van der Waals surface area contributed by atoms with Crippen molar-refractivity contribution in [3.05, 3.63) is 60.4 Å². The Labute approximate surface area is 221 Å². The second-order valence-electron chi connectivity index (χ2n) is 10.0. The van der Waals surface area contributed by atoms with Gasteiger partial charge in [-0.2, -0.15) is 0 Å². The number of hydrogen-bond donors (Lipinski definition) is 2. The van der Waals surface area contributed by atoms with Crippen molar-refractivity contribution in [3.8, 4) is 11.1 Å². The first-order valence-electron chi connectivity index (χ1n) is 13.9. The Kier molecular flexibility index (Phi) is 9.75. The molecule has 2 N–H and O–H groups in total. The van der Waals surface area contributed by atoms with Crippen LogP contribution in [0.15, 0.2) is 54.7 Å². The summed E-state index contributed by atoms with van der Waals surface area (Å²) in [6.07, 6.45) is 4.28. The Bertz CT molecular complexity index is 1090. The van der Waals surface area contributed by atoms with Gasteiger partial charge in [0.15, 0.2) is 0 Å². The molecule has 1 aromatic heterocycles. The Balaban J connectivity index is 1.14. The molecule has 0 unspecified atom stereocenters. The van der Waals surface area contributed by atoms with Crippen LogP contribution in [0.1, 0.15) is 18.5 Å². The first kappa shape index (κ1) is 26.1. The van der Waals surface area contributed by atoms with Gasteiger partial charge in [-0.15, -0.1) is 0 Å². The van der Waals surface area contributed by atoms with Gasteiger partial charge in [0.05, 0.1) is 32.1 Å². The van der Waals surface area contributed by atoms with Crippen LogP contribution in [0.4, 0.5) is 5.69 Å². The number of ether oxygens (including phenoxy) is 2. The third-order valence-corrected chi connectivity index (χ3v) is 7.33. The number of nitrogens with zero attached hydrogens (tertiary/aromatic N) is 3. The summed E-state index contributed by atoms with van der Waals surface area (Å²) in [4.78, 5) is 9.73. The molecular formula is C30H41N5O2. The van der Waals surface area contributed by atoms with Gasteiger partial charge in [-0.25, -0.2) is 0 Å². The molecule has 2 saturated heterocycles. The van der Waals surface area contributed by atoms with E-state index < -0.39 is 0 Å². The van der Waals surface area contributed by atoms with Crippen molar-refractivity contribution in [2.45, 2.75) is 19.4 Å². The van der Waals surface area contributed by atoms with Gasteiger partial charge in [-0.1, -0.05) is 30.3 Å². The summed E-state index contributed by atoms with van der Waals surface area (Å²) in [5.41, 5.74) is 4.63. The van der Waals surface area contributed by atoms with E-state index in [1.807, 2.05) is 6.20 Å². The summed E-state index contributed by atoms with van der Waals surface area (Å²) in [6, 6.07) is 17.5. The highest BCUT2D eigenvalue weighted by atomic mass is 16.5. The highest BCUT2D eigenvalue weighted by Crippen LogP contribution is 2.31. The summed E-state index contributed by atoms with van der Waals surface area (Å²) < 4.78 is 10.9. The van der Waals surface area contributed by atoms with Crippen LogP contribution in [0.2, 0.25) is 0 Å². The van der Waals surface area contributed by atoms with Crippen molar-refractivity contribution in [1.29, 1.82) is 0 Å². The fourth-order valence-electron chi connectivity index (χ4n) is 5.14. The molecule has 0 amide bonds. The van der Waals surface area contributed by atoms with E-state index in [4.69, 9.17) is 14.5 Å². The van der Waals surface area contributed by atoms with Crippen molar-refractivity contribution in [1.82, 2.24) is 20.1 Å². The molecule has 2 aliphatic rings. The van der Waals surface area contributed by atoms with Crippen LogP contribution in [0.3, 0.4) is 0 Å². The maximum Gasteiger partial charge on any atom is 0.0594 e. The fourth-order valence-corrected chi connectivity index (χ4v) is 5.14. The summed E-state index contributed by atoms with van der Waals surface area (Å²) in [5.74, 6) is 0. The second-order valence-corrected chi connectivity index (χ2v) is 10.0. The van der Waals surface area contributed by atoms with Crippen LogP contribution in [-0.2, 0) is 16.0 Å². The molecule has 5 rings (SSSR count). The number of fused-ring (bicyclic) bond motifs is 1. The number of hydrogen-bond acceptors (Lipinski definition) is 7. The molecule has 0 aliphatic carbocycles. The summed E-state index contributed by atoms with van der Waals surface area (Å²) >= 11 is 0. The zero-order valence-electron chi connectivity index (χ0n) is 22.0. The molecular weight excluding hydrogens is 462 g/mol. The highest BCUT2D eigenvalue weighted by Gasteiger charge is 2.11. The predicted molar refractivity (Wildman–Crippen MR) is 151 cm³/mol. The van der Waals surface area contributed by atoms with Crippen LogP contribution in [0.25, 0.3) is 21.9 Å². The number of anilines is 1. The Hall–Kier alpha value is -2.55. The van der Waals surface area contributed by atoms with Crippen molar-refractivity contribution < 1.29 is 9.47 Å². The lowest BCUT2D eigenvalue weighted by molar-refractivity contribution is 0.0374. The van der Waals surface area contributed by atoms with Gasteiger partial charge >= 0.3 is 0 Å². The number of benzene rings is 2. The number of rotatable bonds is 12. The SMILES string of the molecule is c1ccc2c(NCCCN3CCOCC3)cc(-c3ccc(CNCCCN4CCOCC4)nc3)cc2c1. The van der Waals surface area contributed by atoms with Crippen LogP contribution in [0, 0.1) is 0 Å². The predicted octanol–water partition coefficient (Wildman–Crippen LogP) is 3.85. The molecule has 3 aromatic rings. The van der Waals surface area contributed by atoms with Gasteiger partial charge in [0, 0.05) is 62.1 Å². The molecule has 2 aromatic carbocycles. The maximum atomic E-state index is 5.47. The average molecular weight is 504 g/mol. The molecule has 0 atom stereocenters. The summed E-state index contributed by atoms with van der Waals surface area (Å²) in [7, 11) is 0. The quantitative estimate of drug-likeness (QED) is 0.364. The van der Waals surface area contributed by atoms with E-state index in [-0.39, 0.29) is 0 Å². The van der Waals surface area contributed by atoms with Gasteiger partial charge in [0.25, 0.3) is 0 Å². The monoisotopic (exact) mass is 503 g/mol. The fraction of sp³-hybridized carbons (Fsp3) is 0.500. The molecule has 7 nitrogen and oxygen atoms in total. The smallest absolute Gasteiger partial charge is 0.0594 e. The first-order valence-corrected chi connectivity index (χ1v) is 13.9. The first-order chi connectivity index (χ1) is 18.3. The molecule has 0 bridgehead atoms. The molecule has 198 valence electrons. The van der Waals surface area contributed by atoms with Crippen molar-refractivity contribution >= 4 is 16.5 Å². The molecule has 2 fully saturated rings. The molecule has 2 aliphatic heterocycles. The molecule has 0 radical (unpaired) electrons. The van der Waals surface area contributed by atoms with Crippen molar-refractivity contribution in [3.63, 3.8) is 0 Å². The number of nitrogens with one attached hydrogen (secondary N) is 2. The minimum atomic E-state index is 0.803. The van der Waals surface area contributed by atoms with Crippen LogP contribution in [0.5, 0.6) is 0 Å². The summed E-state index contributed by atoms with van der Waals surface area (Å²) in [6.45, 7) is 12.7. The topological polar surface area (TPSA) is 61.9 Å². The van der Waals surface area contributed by atoms with E-state index >= 15 is 0 Å². The zero-order valence-corrected chi connectivity index (χ0v) is 22.0. The van der Waals surface area contributed by atoms with Crippen LogP contribution >= 0.6 is 0 Å². The third-order valence-electron chi connectivity index (χ3n) is 7.33. The normalized spacial score (nSPS) is 17.3. The number of morpholine rings is 2. The maximum absolute atomic E-state index is 5.47. The van der Waals surface area contributed by atoms with Gasteiger partial charge in [-0.3, -0.25) is 14.8 Å². The molecule has 7 heteroatoms. The lowest BCUT2D eigenvalue weighted by Gasteiger charge is -2.26. The van der Waals surface area contributed by atoms with Gasteiger partial charge in [0.1, 0.15) is 0 Å². The Morgan fingerprint density at radius 1 is 0.757 bits per heavy atom. The van der Waals surface area contributed by atoms with E-state index in [1.165, 1.54) is 22.0 Å². The minimum Gasteiger partial charge on any atom is -0.384 e. The molecule has 3 heterocycles. The van der Waals surface area contributed by atoms with Gasteiger partial charge < -0.3 is 20.1 Å². The van der Waals surface area contributed by atoms with Crippen LogP contribution in [-0.4, -0.2) is 93.6 Å².